The minimum Gasteiger partial charge on any atom is -0.368 e. The molecule has 1 atom stereocenters. The van der Waals surface area contributed by atoms with Crippen LogP contribution >= 0.6 is 0 Å². The van der Waals surface area contributed by atoms with Gasteiger partial charge in [0.1, 0.15) is 0 Å². The topological polar surface area (TPSA) is 58.4 Å². The molecule has 0 aliphatic rings. The van der Waals surface area contributed by atoms with Crippen LogP contribution in [-0.2, 0) is 4.79 Å². The number of carbonyl (C=O) groups is 1. The smallest absolute Gasteiger partial charge is 0.234 e. The molecule has 0 aromatic carbocycles. The average Bonchev–Trinajstić information content (AvgIpc) is 1.96. The molecule has 72 valence electrons. The zero-order chi connectivity index (χ0) is 9.56. The summed E-state index contributed by atoms with van der Waals surface area (Å²) in [5, 5.41) is 3.04. The second-order valence-electron chi connectivity index (χ2n) is 3.10. The Balaban J connectivity index is 3.71. The molecule has 0 aromatic heterocycles. The third kappa shape index (κ3) is 5.09. The summed E-state index contributed by atoms with van der Waals surface area (Å²) in [4.78, 5) is 12.9. The number of nitrogens with one attached hydrogen (secondary N) is 1. The minimum absolute atomic E-state index is 0.183. The molecule has 0 aliphatic heterocycles. The zero-order valence-corrected chi connectivity index (χ0v) is 8.13. The highest BCUT2D eigenvalue weighted by atomic mass is 16.1. The molecule has 3 N–H and O–H groups in total. The highest BCUT2D eigenvalue weighted by Gasteiger charge is 2.12. The highest BCUT2D eigenvalue weighted by molar-refractivity contribution is 5.79. The van der Waals surface area contributed by atoms with Crippen molar-refractivity contribution in [3.63, 3.8) is 0 Å². The van der Waals surface area contributed by atoms with E-state index in [1.807, 2.05) is 25.9 Å². The zero-order valence-electron chi connectivity index (χ0n) is 8.13. The Labute approximate surface area is 74.1 Å². The molecule has 0 radical (unpaired) electrons. The quantitative estimate of drug-likeness (QED) is 0.564. The van der Waals surface area contributed by atoms with Crippen molar-refractivity contribution in [3.8, 4) is 0 Å². The van der Waals surface area contributed by atoms with E-state index in [0.29, 0.717) is 0 Å². The van der Waals surface area contributed by atoms with Gasteiger partial charge in [0.15, 0.2) is 0 Å². The van der Waals surface area contributed by atoms with Gasteiger partial charge in [0.2, 0.25) is 5.91 Å². The molecule has 1 amide bonds. The summed E-state index contributed by atoms with van der Waals surface area (Å²) in [6.07, 6.45) is 0.774. The van der Waals surface area contributed by atoms with E-state index < -0.39 is 0 Å². The van der Waals surface area contributed by atoms with Gasteiger partial charge in [-0.05, 0) is 33.6 Å². The first-order valence-electron chi connectivity index (χ1n) is 4.25. The number of primary amides is 1. The van der Waals surface area contributed by atoms with E-state index in [2.05, 4.69) is 5.32 Å². The maximum absolute atomic E-state index is 10.8. The van der Waals surface area contributed by atoms with Gasteiger partial charge >= 0.3 is 0 Å². The Kier molecular flexibility index (Phi) is 5.66. The van der Waals surface area contributed by atoms with Crippen LogP contribution in [0.3, 0.4) is 0 Å². The van der Waals surface area contributed by atoms with Gasteiger partial charge in [-0.25, -0.2) is 0 Å². The number of hydrogen-bond acceptors (Lipinski definition) is 3. The molecule has 0 fully saturated rings. The fraction of sp³-hybridized carbons (Fsp3) is 0.875. The van der Waals surface area contributed by atoms with E-state index in [1.54, 1.807) is 0 Å². The lowest BCUT2D eigenvalue weighted by Crippen LogP contribution is -2.42. The maximum atomic E-state index is 10.8. The normalized spacial score (nSPS) is 13.3. The second kappa shape index (κ2) is 5.97. The van der Waals surface area contributed by atoms with Crippen LogP contribution in [0, 0.1) is 0 Å². The van der Waals surface area contributed by atoms with Gasteiger partial charge in [0.05, 0.1) is 6.04 Å². The number of likely N-dealkylation sites (N-methyl/N-ethyl adjacent to an activating group) is 1. The van der Waals surface area contributed by atoms with Crippen molar-refractivity contribution in [1.82, 2.24) is 10.2 Å². The Morgan fingerprint density at radius 1 is 1.58 bits per heavy atom. The van der Waals surface area contributed by atoms with Crippen LogP contribution in [0.2, 0.25) is 0 Å². The second-order valence-corrected chi connectivity index (χ2v) is 3.10. The molecule has 0 aliphatic carbocycles. The first kappa shape index (κ1) is 11.4. The average molecular weight is 173 g/mol. The maximum Gasteiger partial charge on any atom is 0.234 e. The van der Waals surface area contributed by atoms with Crippen molar-refractivity contribution >= 4 is 5.91 Å². The lowest BCUT2D eigenvalue weighted by Gasteiger charge is -2.16. The number of rotatable bonds is 6. The van der Waals surface area contributed by atoms with Gasteiger partial charge in [-0.15, -0.1) is 0 Å². The van der Waals surface area contributed by atoms with E-state index in [9.17, 15) is 4.79 Å². The van der Waals surface area contributed by atoms with Crippen molar-refractivity contribution < 1.29 is 4.79 Å². The van der Waals surface area contributed by atoms with Crippen LogP contribution in [0.1, 0.15) is 13.3 Å². The number of nitrogens with zero attached hydrogens (tertiary/aromatic N) is 1. The molecule has 1 unspecified atom stereocenters. The van der Waals surface area contributed by atoms with Gasteiger partial charge in [-0.2, -0.15) is 0 Å². The lowest BCUT2D eigenvalue weighted by molar-refractivity contribution is -0.120. The fourth-order valence-electron chi connectivity index (χ4n) is 0.979. The fourth-order valence-corrected chi connectivity index (χ4v) is 0.979. The van der Waals surface area contributed by atoms with E-state index in [1.165, 1.54) is 0 Å². The summed E-state index contributed by atoms with van der Waals surface area (Å²) in [6.45, 7) is 3.62. The van der Waals surface area contributed by atoms with Crippen molar-refractivity contribution in [1.29, 1.82) is 0 Å². The Morgan fingerprint density at radius 3 is 2.50 bits per heavy atom. The van der Waals surface area contributed by atoms with Crippen LogP contribution < -0.4 is 11.1 Å². The van der Waals surface area contributed by atoms with Crippen molar-refractivity contribution in [3.05, 3.63) is 0 Å². The molecular weight excluding hydrogens is 154 g/mol. The van der Waals surface area contributed by atoms with Gasteiger partial charge in [0.25, 0.3) is 0 Å². The van der Waals surface area contributed by atoms with Crippen LogP contribution in [0.5, 0.6) is 0 Å². The first-order valence-corrected chi connectivity index (χ1v) is 4.25. The van der Waals surface area contributed by atoms with Crippen LogP contribution in [0.4, 0.5) is 0 Å². The van der Waals surface area contributed by atoms with Crippen LogP contribution in [0.25, 0.3) is 0 Å². The predicted octanol–water partition coefficient (Wildman–Crippen LogP) is -0.598. The molecule has 0 rings (SSSR count). The molecule has 4 nitrogen and oxygen atoms in total. The molecule has 0 spiro atoms. The van der Waals surface area contributed by atoms with Gasteiger partial charge in [0, 0.05) is 0 Å². The van der Waals surface area contributed by atoms with Crippen molar-refractivity contribution in [2.45, 2.75) is 19.4 Å². The van der Waals surface area contributed by atoms with Gasteiger partial charge in [-0.3, -0.25) is 4.79 Å². The summed E-state index contributed by atoms with van der Waals surface area (Å²) in [5.74, 6) is -0.265. The van der Waals surface area contributed by atoms with Crippen molar-refractivity contribution in [2.75, 3.05) is 27.2 Å². The number of carbonyl (C=O) groups excluding carboxylic acids is 1. The molecule has 4 heteroatoms. The van der Waals surface area contributed by atoms with Gasteiger partial charge < -0.3 is 16.0 Å². The number of amides is 1. The molecule has 0 saturated carbocycles. The SMILES string of the molecule is CCNC(CCN(C)C)C(N)=O. The van der Waals surface area contributed by atoms with E-state index in [4.69, 9.17) is 5.73 Å². The standard InChI is InChI=1S/C8H19N3O/c1-4-10-7(8(9)12)5-6-11(2)3/h7,10H,4-6H2,1-3H3,(H2,9,12). The number of nitrogens with two attached hydrogens (primary N) is 1. The Morgan fingerprint density at radius 2 is 2.17 bits per heavy atom. The predicted molar refractivity (Wildman–Crippen MR) is 49.8 cm³/mol. The van der Waals surface area contributed by atoms with E-state index in [-0.39, 0.29) is 11.9 Å². The molecule has 0 aromatic rings. The van der Waals surface area contributed by atoms with Crippen molar-refractivity contribution in [2.24, 2.45) is 5.73 Å². The molecule has 0 heterocycles. The summed E-state index contributed by atoms with van der Waals surface area (Å²) >= 11 is 0. The number of hydrogen-bond donors (Lipinski definition) is 2. The van der Waals surface area contributed by atoms with E-state index in [0.717, 1.165) is 19.5 Å². The third-order valence-electron chi connectivity index (χ3n) is 1.66. The summed E-state index contributed by atoms with van der Waals surface area (Å²) < 4.78 is 0. The lowest BCUT2D eigenvalue weighted by atomic mass is 10.2. The molecule has 12 heavy (non-hydrogen) atoms. The van der Waals surface area contributed by atoms with Gasteiger partial charge in [-0.1, -0.05) is 6.92 Å². The van der Waals surface area contributed by atoms with Crippen LogP contribution in [0.15, 0.2) is 0 Å². The minimum atomic E-state index is -0.265. The Bertz CT molecular complexity index is 136. The first-order chi connectivity index (χ1) is 5.57. The summed E-state index contributed by atoms with van der Waals surface area (Å²) in [7, 11) is 3.95. The molecular formula is C8H19N3O. The van der Waals surface area contributed by atoms with Crippen LogP contribution in [-0.4, -0.2) is 44.0 Å². The largest absolute Gasteiger partial charge is 0.368 e. The summed E-state index contributed by atoms with van der Waals surface area (Å²) in [6, 6.07) is -0.183. The monoisotopic (exact) mass is 173 g/mol. The third-order valence-corrected chi connectivity index (χ3v) is 1.66. The summed E-state index contributed by atoms with van der Waals surface area (Å²) in [5.41, 5.74) is 5.19. The highest BCUT2D eigenvalue weighted by Crippen LogP contribution is 1.92. The van der Waals surface area contributed by atoms with E-state index >= 15 is 0 Å². The molecule has 0 bridgehead atoms. The molecule has 0 saturated heterocycles. The Hall–Kier alpha value is -0.610.